The Bertz CT molecular complexity index is 591. The van der Waals surface area contributed by atoms with E-state index in [9.17, 15) is 4.39 Å². The molecule has 2 aromatic rings. The highest BCUT2D eigenvalue weighted by Crippen LogP contribution is 2.25. The minimum absolute atomic E-state index is 0.0411. The van der Waals surface area contributed by atoms with Gasteiger partial charge >= 0.3 is 0 Å². The topological polar surface area (TPSA) is 28.2 Å². The summed E-state index contributed by atoms with van der Waals surface area (Å²) in [6.45, 7) is 4.31. The zero-order valence-electron chi connectivity index (χ0n) is 12.2. The molecule has 1 unspecified atom stereocenters. The quantitative estimate of drug-likeness (QED) is 0.920. The molecule has 0 aliphatic carbocycles. The van der Waals surface area contributed by atoms with Crippen LogP contribution >= 0.6 is 0 Å². The van der Waals surface area contributed by atoms with E-state index in [4.69, 9.17) is 0 Å². The number of hydrogen-bond acceptors (Lipinski definition) is 3. The van der Waals surface area contributed by atoms with Gasteiger partial charge in [-0.25, -0.2) is 4.39 Å². The van der Waals surface area contributed by atoms with E-state index in [-0.39, 0.29) is 11.9 Å². The molecule has 1 aromatic carbocycles. The Balaban J connectivity index is 1.72. The van der Waals surface area contributed by atoms with E-state index in [1.807, 2.05) is 6.92 Å². The highest BCUT2D eigenvalue weighted by molar-refractivity contribution is 5.59. The predicted octanol–water partition coefficient (Wildman–Crippen LogP) is 3.99. The van der Waals surface area contributed by atoms with Crippen LogP contribution in [0.25, 0.3) is 0 Å². The summed E-state index contributed by atoms with van der Waals surface area (Å²) >= 11 is 0. The van der Waals surface area contributed by atoms with Crippen LogP contribution in [0.5, 0.6) is 0 Å². The molecule has 110 valence electrons. The lowest BCUT2D eigenvalue weighted by Gasteiger charge is -2.20. The second kappa shape index (κ2) is 6.12. The molecule has 0 radical (unpaired) electrons. The first-order valence-corrected chi connectivity index (χ1v) is 7.45. The van der Waals surface area contributed by atoms with Crippen LogP contribution in [-0.2, 0) is 0 Å². The van der Waals surface area contributed by atoms with E-state index in [2.05, 4.69) is 39.5 Å². The van der Waals surface area contributed by atoms with Gasteiger partial charge in [0.2, 0.25) is 0 Å². The van der Waals surface area contributed by atoms with Crippen LogP contribution in [0.3, 0.4) is 0 Å². The Hall–Kier alpha value is -2.10. The average Bonchev–Trinajstić information content (AvgIpc) is 3.02. The summed E-state index contributed by atoms with van der Waals surface area (Å²) in [5.74, 6) is -0.304. The third kappa shape index (κ3) is 3.32. The van der Waals surface area contributed by atoms with Crippen LogP contribution in [0, 0.1) is 5.82 Å². The molecule has 1 aliphatic heterocycles. The molecule has 3 nitrogen and oxygen atoms in total. The lowest BCUT2D eigenvalue weighted by Crippen LogP contribution is -2.17. The van der Waals surface area contributed by atoms with Crippen LogP contribution < -0.4 is 10.2 Å². The van der Waals surface area contributed by atoms with Crippen LogP contribution in [-0.4, -0.2) is 18.1 Å². The van der Waals surface area contributed by atoms with Gasteiger partial charge in [0.25, 0.3) is 0 Å². The van der Waals surface area contributed by atoms with Gasteiger partial charge in [-0.1, -0.05) is 6.07 Å². The summed E-state index contributed by atoms with van der Waals surface area (Å²) in [4.78, 5) is 6.54. The number of nitrogens with zero attached hydrogens (tertiary/aromatic N) is 2. The van der Waals surface area contributed by atoms with Crippen LogP contribution in [0.15, 0.2) is 42.6 Å². The predicted molar refractivity (Wildman–Crippen MR) is 84.1 cm³/mol. The van der Waals surface area contributed by atoms with Crippen molar-refractivity contribution in [2.75, 3.05) is 23.3 Å². The van der Waals surface area contributed by atoms with Crippen molar-refractivity contribution >= 4 is 11.4 Å². The summed E-state index contributed by atoms with van der Waals surface area (Å²) in [7, 11) is 0. The van der Waals surface area contributed by atoms with Gasteiger partial charge < -0.3 is 10.2 Å². The number of nitrogens with one attached hydrogen (secondary N) is 1. The second-order valence-electron chi connectivity index (χ2n) is 5.51. The fraction of sp³-hybridized carbons (Fsp3) is 0.353. The molecule has 4 heteroatoms. The van der Waals surface area contributed by atoms with Crippen LogP contribution in [0.2, 0.25) is 0 Å². The largest absolute Gasteiger partial charge is 0.377 e. The van der Waals surface area contributed by atoms with E-state index in [1.165, 1.54) is 30.8 Å². The van der Waals surface area contributed by atoms with E-state index in [0.29, 0.717) is 0 Å². The minimum atomic E-state index is -0.304. The zero-order chi connectivity index (χ0) is 14.7. The molecule has 1 saturated heterocycles. The molecule has 21 heavy (non-hydrogen) atoms. The summed E-state index contributed by atoms with van der Waals surface area (Å²) < 4.78 is 12.9. The molecule has 0 amide bonds. The summed E-state index contributed by atoms with van der Waals surface area (Å²) in [6, 6.07) is 11.7. The summed E-state index contributed by atoms with van der Waals surface area (Å²) in [5, 5.41) is 3.43. The van der Waals surface area contributed by atoms with Gasteiger partial charge in [0.15, 0.2) is 0 Å². The van der Waals surface area contributed by atoms with E-state index in [1.54, 1.807) is 6.07 Å². The van der Waals surface area contributed by atoms with Crippen molar-refractivity contribution in [3.05, 3.63) is 54.1 Å². The van der Waals surface area contributed by atoms with Crippen molar-refractivity contribution in [2.24, 2.45) is 0 Å². The molecule has 0 bridgehead atoms. The number of benzene rings is 1. The fourth-order valence-electron chi connectivity index (χ4n) is 2.74. The van der Waals surface area contributed by atoms with Crippen LogP contribution in [0.1, 0.15) is 31.5 Å². The molecular weight excluding hydrogens is 265 g/mol. The normalized spacial score (nSPS) is 16.0. The third-order valence-corrected chi connectivity index (χ3v) is 3.89. The molecule has 1 atom stereocenters. The zero-order valence-corrected chi connectivity index (χ0v) is 12.2. The van der Waals surface area contributed by atoms with Crippen molar-refractivity contribution in [3.63, 3.8) is 0 Å². The first-order valence-electron chi connectivity index (χ1n) is 7.45. The molecule has 0 saturated carbocycles. The minimum Gasteiger partial charge on any atom is -0.377 e. The van der Waals surface area contributed by atoms with Gasteiger partial charge in [-0.15, -0.1) is 0 Å². The van der Waals surface area contributed by atoms with Crippen molar-refractivity contribution in [2.45, 2.75) is 25.8 Å². The number of rotatable bonds is 4. The summed E-state index contributed by atoms with van der Waals surface area (Å²) in [6.07, 6.45) is 3.80. The maximum absolute atomic E-state index is 12.9. The molecule has 1 aliphatic rings. The molecule has 2 heterocycles. The number of anilines is 2. The van der Waals surface area contributed by atoms with Gasteiger partial charge in [-0.05, 0) is 50.1 Å². The van der Waals surface area contributed by atoms with Gasteiger partial charge in [0.1, 0.15) is 5.82 Å². The first-order chi connectivity index (χ1) is 10.2. The third-order valence-electron chi connectivity index (χ3n) is 3.89. The molecule has 1 aromatic heterocycles. The van der Waals surface area contributed by atoms with E-state index < -0.39 is 0 Å². The number of halogens is 1. The highest BCUT2D eigenvalue weighted by Gasteiger charge is 2.13. The van der Waals surface area contributed by atoms with Crippen molar-refractivity contribution in [1.29, 1.82) is 0 Å². The number of pyridine rings is 1. The lowest BCUT2D eigenvalue weighted by molar-refractivity contribution is 0.617. The fourth-order valence-corrected chi connectivity index (χ4v) is 2.74. The maximum atomic E-state index is 12.9. The van der Waals surface area contributed by atoms with E-state index in [0.717, 1.165) is 24.5 Å². The van der Waals surface area contributed by atoms with Gasteiger partial charge in [0, 0.05) is 24.5 Å². The standard InChI is InChI=1S/C17H20FN3/c1-13(17-8-7-14(18)12-19-17)20-15-5-4-6-16(11-15)21-9-2-3-10-21/h4-8,11-13,20H,2-3,9-10H2,1H3. The second-order valence-corrected chi connectivity index (χ2v) is 5.51. The number of hydrogen-bond donors (Lipinski definition) is 1. The monoisotopic (exact) mass is 285 g/mol. The van der Waals surface area contributed by atoms with Crippen LogP contribution in [0.4, 0.5) is 15.8 Å². The summed E-state index contributed by atoms with van der Waals surface area (Å²) in [5.41, 5.74) is 3.16. The van der Waals surface area contributed by atoms with Gasteiger partial charge in [0.05, 0.1) is 17.9 Å². The Labute approximate surface area is 124 Å². The van der Waals surface area contributed by atoms with Gasteiger partial charge in [-0.3, -0.25) is 4.98 Å². The molecular formula is C17H20FN3. The lowest BCUT2D eigenvalue weighted by atomic mass is 10.2. The Morgan fingerprint density at radius 3 is 2.71 bits per heavy atom. The number of aromatic nitrogens is 1. The first kappa shape index (κ1) is 13.9. The Kier molecular flexibility index (Phi) is 4.04. The van der Waals surface area contributed by atoms with E-state index >= 15 is 0 Å². The van der Waals surface area contributed by atoms with Gasteiger partial charge in [-0.2, -0.15) is 0 Å². The molecule has 3 rings (SSSR count). The average molecular weight is 285 g/mol. The molecule has 0 spiro atoms. The van der Waals surface area contributed by atoms with Crippen molar-refractivity contribution in [3.8, 4) is 0 Å². The Morgan fingerprint density at radius 2 is 2.00 bits per heavy atom. The molecule has 1 fully saturated rings. The maximum Gasteiger partial charge on any atom is 0.141 e. The van der Waals surface area contributed by atoms with Crippen molar-refractivity contribution in [1.82, 2.24) is 4.98 Å². The highest BCUT2D eigenvalue weighted by atomic mass is 19.1. The molecule has 1 N–H and O–H groups in total. The Morgan fingerprint density at radius 1 is 1.19 bits per heavy atom. The smallest absolute Gasteiger partial charge is 0.141 e. The SMILES string of the molecule is CC(Nc1cccc(N2CCCC2)c1)c1ccc(F)cn1. The van der Waals surface area contributed by atoms with Crippen molar-refractivity contribution < 1.29 is 4.39 Å².